The highest BCUT2D eigenvalue weighted by Crippen LogP contribution is 2.80. The van der Waals surface area contributed by atoms with Crippen molar-refractivity contribution in [1.29, 1.82) is 0 Å². The van der Waals surface area contributed by atoms with Crippen molar-refractivity contribution in [3.05, 3.63) is 0 Å². The van der Waals surface area contributed by atoms with Crippen molar-refractivity contribution in [2.45, 2.75) is 119 Å². The average molecular weight is 515 g/mol. The number of hydrogen-bond donors (Lipinski definition) is 0. The number of hydrogen-bond acceptors (Lipinski definition) is 5. The highest BCUT2D eigenvalue weighted by atomic mass is 16.6. The third-order valence-corrected chi connectivity index (χ3v) is 13.0. The molecular weight excluding hydrogens is 464 g/mol. The molecule has 5 nitrogen and oxygen atoms in total. The van der Waals surface area contributed by atoms with Crippen LogP contribution in [0.4, 0.5) is 0 Å². The first kappa shape index (κ1) is 27.2. The number of ketones is 1. The fraction of sp³-hybridized carbons (Fsp3) is 0.906. The van der Waals surface area contributed by atoms with Gasteiger partial charge in [0.05, 0.1) is 0 Å². The Bertz CT molecular complexity index is 957. The lowest BCUT2D eigenvalue weighted by Crippen LogP contribution is -2.56. The van der Waals surface area contributed by atoms with Gasteiger partial charge in [-0.25, -0.2) is 0 Å². The largest absolute Gasteiger partial charge is 0.458 e. The van der Waals surface area contributed by atoms with E-state index in [9.17, 15) is 14.4 Å². The molecule has 0 amide bonds. The zero-order chi connectivity index (χ0) is 27.1. The van der Waals surface area contributed by atoms with E-state index in [0.29, 0.717) is 35.4 Å². The van der Waals surface area contributed by atoms with Crippen LogP contribution in [0, 0.1) is 63.6 Å². The van der Waals surface area contributed by atoms with Gasteiger partial charge in [-0.2, -0.15) is 0 Å². The van der Waals surface area contributed by atoms with E-state index in [1.807, 2.05) is 0 Å². The maximum Gasteiger partial charge on any atom is 0.303 e. The van der Waals surface area contributed by atoms with Crippen molar-refractivity contribution in [2.24, 2.45) is 63.6 Å². The van der Waals surface area contributed by atoms with Gasteiger partial charge in [-0.15, -0.1) is 0 Å². The topological polar surface area (TPSA) is 69.7 Å². The highest BCUT2D eigenvalue weighted by Gasteiger charge is 2.77. The van der Waals surface area contributed by atoms with Gasteiger partial charge in [0.25, 0.3) is 0 Å². The third-order valence-electron chi connectivity index (χ3n) is 13.0. The van der Waals surface area contributed by atoms with E-state index in [1.54, 1.807) is 0 Å². The molecule has 0 bridgehead atoms. The predicted octanol–water partition coefficient (Wildman–Crippen LogP) is 6.62. The molecule has 5 saturated carbocycles. The molecule has 0 aromatic rings. The number of carbonyl (C=O) groups is 3. The van der Waals surface area contributed by atoms with Crippen molar-refractivity contribution in [1.82, 2.24) is 0 Å². The summed E-state index contributed by atoms with van der Waals surface area (Å²) in [5.41, 5.74) is 0.345. The summed E-state index contributed by atoms with van der Waals surface area (Å²) in [5, 5.41) is 0. The van der Waals surface area contributed by atoms with Gasteiger partial charge in [-0.1, -0.05) is 41.5 Å². The van der Waals surface area contributed by atoms with Crippen LogP contribution in [0.25, 0.3) is 0 Å². The summed E-state index contributed by atoms with van der Waals surface area (Å²) >= 11 is 0. The number of Topliss-reactive ketones (excluding diaryl/α,β-unsaturated/α-hetero) is 1. The Kier molecular flexibility index (Phi) is 6.67. The average Bonchev–Trinajstić information content (AvgIpc) is 3.34. The lowest BCUT2D eigenvalue weighted by molar-refractivity contribution is -0.181. The lowest BCUT2D eigenvalue weighted by Gasteiger charge is -2.58. The molecule has 5 heteroatoms. The van der Waals surface area contributed by atoms with Gasteiger partial charge in [0.2, 0.25) is 0 Å². The van der Waals surface area contributed by atoms with E-state index in [2.05, 4.69) is 41.5 Å². The molecule has 0 N–H and O–H groups in total. The van der Waals surface area contributed by atoms with E-state index in [-0.39, 0.29) is 45.9 Å². The van der Waals surface area contributed by atoms with Crippen LogP contribution in [-0.4, -0.2) is 29.9 Å². The maximum atomic E-state index is 13.7. The van der Waals surface area contributed by atoms with Gasteiger partial charge >= 0.3 is 11.9 Å². The molecule has 37 heavy (non-hydrogen) atoms. The van der Waals surface area contributed by atoms with Crippen molar-refractivity contribution in [3.8, 4) is 0 Å². The molecule has 0 unspecified atom stereocenters. The molecule has 5 aliphatic carbocycles. The van der Waals surface area contributed by atoms with Gasteiger partial charge in [0.15, 0.2) is 0 Å². The van der Waals surface area contributed by atoms with Crippen molar-refractivity contribution >= 4 is 17.7 Å². The molecule has 0 aliphatic heterocycles. The molecule has 0 radical (unpaired) electrons. The molecule has 0 aromatic heterocycles. The second-order valence-corrected chi connectivity index (χ2v) is 14.7. The molecule has 12 atom stereocenters. The minimum absolute atomic E-state index is 0.0257. The summed E-state index contributed by atoms with van der Waals surface area (Å²) in [6.45, 7) is 16.4. The Hall–Kier alpha value is -1.39. The van der Waals surface area contributed by atoms with Crippen LogP contribution in [0.15, 0.2) is 0 Å². The summed E-state index contributed by atoms with van der Waals surface area (Å²) in [5.74, 6) is 3.11. The molecule has 1 spiro atoms. The predicted molar refractivity (Wildman–Crippen MR) is 142 cm³/mol. The number of carbonyl (C=O) groups excluding carboxylic acids is 3. The minimum Gasteiger partial charge on any atom is -0.458 e. The highest BCUT2D eigenvalue weighted by molar-refractivity contribution is 5.91. The summed E-state index contributed by atoms with van der Waals surface area (Å²) in [4.78, 5) is 38.1. The SMILES string of the molecule is CC(=O)O[C@H]([C@@H](C)[C@H]1CC[C@H]2[C@@H]3CC(=O)[C@]45C[C@@H]4CC[C@]5(C)[C@H]3CC[C@]12C)[C@H](OC(C)=O)[C@@H](C)C(C)C. The van der Waals surface area contributed by atoms with Crippen molar-refractivity contribution in [2.75, 3.05) is 0 Å². The summed E-state index contributed by atoms with van der Waals surface area (Å²) in [6, 6.07) is 0. The van der Waals surface area contributed by atoms with Gasteiger partial charge in [-0.3, -0.25) is 14.4 Å². The van der Waals surface area contributed by atoms with Gasteiger partial charge in [0.1, 0.15) is 18.0 Å². The minimum atomic E-state index is -0.465. The molecule has 5 rings (SSSR count). The Labute approximate surface area is 224 Å². The fourth-order valence-electron chi connectivity index (χ4n) is 10.9. The van der Waals surface area contributed by atoms with E-state index < -0.39 is 12.2 Å². The zero-order valence-electron chi connectivity index (χ0n) is 24.5. The van der Waals surface area contributed by atoms with E-state index in [4.69, 9.17) is 9.47 Å². The lowest BCUT2D eigenvalue weighted by atomic mass is 9.45. The van der Waals surface area contributed by atoms with Crippen LogP contribution in [0.3, 0.4) is 0 Å². The monoisotopic (exact) mass is 514 g/mol. The number of ether oxygens (including phenoxy) is 2. The summed E-state index contributed by atoms with van der Waals surface area (Å²) < 4.78 is 11.9. The Balaban J connectivity index is 1.42. The number of rotatable bonds is 7. The molecule has 5 fully saturated rings. The standard InChI is InChI=1S/C32H50O5/c1-17(2)18(3)28(36-20(5)33)29(37-21(6)34)19(4)24-9-10-25-23-15-27(35)32-16-22(32)11-14-31(32,8)26(23)12-13-30(24,25)7/h17-19,22-26,28-29H,9-16H2,1-8H3/t18-,19-,22-,23-,24+,25-,26-,28+,29+,30+,31+,32-/m0/s1. The quantitative estimate of drug-likeness (QED) is 0.357. The van der Waals surface area contributed by atoms with Crippen LogP contribution in [-0.2, 0) is 23.9 Å². The third kappa shape index (κ3) is 3.86. The summed E-state index contributed by atoms with van der Waals surface area (Å²) in [7, 11) is 0. The second-order valence-electron chi connectivity index (χ2n) is 14.7. The van der Waals surface area contributed by atoms with Gasteiger partial charge in [0, 0.05) is 31.6 Å². The molecule has 0 saturated heterocycles. The second kappa shape index (κ2) is 9.08. The first-order valence-electron chi connectivity index (χ1n) is 15.2. The molecular formula is C32H50O5. The smallest absolute Gasteiger partial charge is 0.303 e. The Morgan fingerprint density at radius 3 is 2.11 bits per heavy atom. The molecule has 0 heterocycles. The normalized spacial score (nSPS) is 45.1. The molecule has 5 aliphatic rings. The van der Waals surface area contributed by atoms with Crippen LogP contribution < -0.4 is 0 Å². The Morgan fingerprint density at radius 1 is 0.865 bits per heavy atom. The van der Waals surface area contributed by atoms with Crippen LogP contribution in [0.2, 0.25) is 0 Å². The van der Waals surface area contributed by atoms with Crippen LogP contribution in [0.5, 0.6) is 0 Å². The zero-order valence-corrected chi connectivity index (χ0v) is 24.5. The number of esters is 2. The Morgan fingerprint density at radius 2 is 1.51 bits per heavy atom. The fourth-order valence-corrected chi connectivity index (χ4v) is 10.9. The van der Waals surface area contributed by atoms with Crippen LogP contribution in [0.1, 0.15) is 107 Å². The van der Waals surface area contributed by atoms with Crippen LogP contribution >= 0.6 is 0 Å². The maximum absolute atomic E-state index is 13.7. The molecule has 208 valence electrons. The van der Waals surface area contributed by atoms with E-state index in [0.717, 1.165) is 25.7 Å². The first-order valence-corrected chi connectivity index (χ1v) is 15.2. The first-order chi connectivity index (χ1) is 17.3. The van der Waals surface area contributed by atoms with Crippen molar-refractivity contribution in [3.63, 3.8) is 0 Å². The van der Waals surface area contributed by atoms with Gasteiger partial charge < -0.3 is 9.47 Å². The summed E-state index contributed by atoms with van der Waals surface area (Å²) in [6.07, 6.45) is 8.14. The number of fused-ring (bicyclic) bond motifs is 4. The molecule has 0 aromatic carbocycles. The van der Waals surface area contributed by atoms with Gasteiger partial charge in [-0.05, 0) is 97.2 Å². The van der Waals surface area contributed by atoms with E-state index in [1.165, 1.54) is 39.5 Å². The van der Waals surface area contributed by atoms with E-state index >= 15 is 0 Å². The van der Waals surface area contributed by atoms with Crippen molar-refractivity contribution < 1.29 is 23.9 Å².